The summed E-state index contributed by atoms with van der Waals surface area (Å²) in [7, 11) is -4.57. The van der Waals surface area contributed by atoms with Gasteiger partial charge in [-0.25, -0.2) is 13.2 Å². The minimum atomic E-state index is -4.57. The Morgan fingerprint density at radius 3 is 2.17 bits per heavy atom. The summed E-state index contributed by atoms with van der Waals surface area (Å²) < 4.78 is 33.6. The summed E-state index contributed by atoms with van der Waals surface area (Å²) in [5.74, 6) is 0. The second-order valence-corrected chi connectivity index (χ2v) is 5.97. The van der Waals surface area contributed by atoms with E-state index in [1.54, 1.807) is 26.8 Å². The van der Waals surface area contributed by atoms with Gasteiger partial charge in [-0.05, 0) is 12.1 Å². The fourth-order valence-electron chi connectivity index (χ4n) is 1.13. The van der Waals surface area contributed by atoms with Crippen molar-refractivity contribution in [1.29, 1.82) is 0 Å². The third-order valence-electron chi connectivity index (χ3n) is 2.11. The molecule has 0 heterocycles. The van der Waals surface area contributed by atoms with Crippen LogP contribution in [0.1, 0.15) is 26.3 Å². The summed E-state index contributed by atoms with van der Waals surface area (Å²) in [5, 5.41) is 11.7. The predicted octanol–water partition coefficient (Wildman–Crippen LogP) is -1.68. The van der Waals surface area contributed by atoms with E-state index in [9.17, 15) is 18.2 Å². The molecule has 0 saturated carbocycles. The molecule has 0 aromatic heterocycles. The van der Waals surface area contributed by atoms with E-state index in [-0.39, 0.29) is 40.0 Å². The van der Waals surface area contributed by atoms with Crippen LogP contribution in [-0.4, -0.2) is 29.5 Å². The van der Waals surface area contributed by atoms with Crippen LogP contribution in [0.5, 0.6) is 0 Å². The molecule has 0 amide bonds. The molecule has 0 fully saturated rings. The second kappa shape index (κ2) is 6.16. The molecule has 1 aromatic carbocycles. The molecule has 94 valence electrons. The minimum Gasteiger partial charge on any atom is -0.744 e. The zero-order chi connectivity index (χ0) is 13.3. The van der Waals surface area contributed by atoms with Crippen molar-refractivity contribution < 1.29 is 47.3 Å². The maximum absolute atomic E-state index is 11.7. The van der Waals surface area contributed by atoms with Crippen LogP contribution < -0.4 is 29.6 Å². The third kappa shape index (κ3) is 4.70. The summed E-state index contributed by atoms with van der Waals surface area (Å²) in [4.78, 5) is -0.384. The van der Waals surface area contributed by atoms with Crippen LogP contribution in [-0.2, 0) is 10.1 Å². The molecule has 0 N–H and O–H groups in total. The molecule has 7 heteroatoms. The molecule has 1 aromatic rings. The van der Waals surface area contributed by atoms with Crippen molar-refractivity contribution >= 4 is 16.3 Å². The SMILES string of the molecule is CC(C)(C)[N+]([O-])=Cc1ccccc1S(=O)(=O)[O-].[Na+]. The van der Waals surface area contributed by atoms with Crippen LogP contribution in [0.15, 0.2) is 29.2 Å². The van der Waals surface area contributed by atoms with Gasteiger partial charge in [0.2, 0.25) is 0 Å². The minimum absolute atomic E-state index is 0. The fraction of sp³-hybridized carbons (Fsp3) is 0.364. The summed E-state index contributed by atoms with van der Waals surface area (Å²) >= 11 is 0. The van der Waals surface area contributed by atoms with E-state index < -0.39 is 15.7 Å². The second-order valence-electron chi connectivity index (χ2n) is 4.62. The molecule has 0 unspecified atom stereocenters. The van der Waals surface area contributed by atoms with Gasteiger partial charge >= 0.3 is 29.6 Å². The quantitative estimate of drug-likeness (QED) is 0.162. The number of hydrogen-bond acceptors (Lipinski definition) is 4. The van der Waals surface area contributed by atoms with Gasteiger partial charge in [0.25, 0.3) is 0 Å². The summed E-state index contributed by atoms with van der Waals surface area (Å²) in [6, 6.07) is 5.61. The van der Waals surface area contributed by atoms with Crippen molar-refractivity contribution in [3.8, 4) is 0 Å². The standard InChI is InChI=1S/C11H15NO4S.Na/c1-11(2,3)12(13)8-9-6-4-5-7-10(9)17(14,15)16;/h4-8H,1-3H3,(H,14,15,16);/q;+1/p-1. The molecule has 0 aliphatic heterocycles. The van der Waals surface area contributed by atoms with E-state index in [1.807, 2.05) is 0 Å². The average Bonchev–Trinajstić information content (AvgIpc) is 2.15. The summed E-state index contributed by atoms with van der Waals surface area (Å²) in [6.45, 7) is 5.06. The van der Waals surface area contributed by atoms with Gasteiger partial charge in [-0.1, -0.05) is 12.1 Å². The number of hydrogen-bond donors (Lipinski definition) is 0. The number of benzene rings is 1. The van der Waals surface area contributed by atoms with E-state index in [0.717, 1.165) is 6.21 Å². The van der Waals surface area contributed by atoms with Gasteiger partial charge in [0.15, 0.2) is 11.8 Å². The third-order valence-corrected chi connectivity index (χ3v) is 3.02. The van der Waals surface area contributed by atoms with Crippen molar-refractivity contribution in [3.05, 3.63) is 35.0 Å². The van der Waals surface area contributed by atoms with E-state index in [1.165, 1.54) is 18.2 Å². The topological polar surface area (TPSA) is 83.3 Å². The fourth-order valence-corrected chi connectivity index (χ4v) is 1.79. The summed E-state index contributed by atoms with van der Waals surface area (Å²) in [5.41, 5.74) is -0.591. The van der Waals surface area contributed by atoms with Crippen LogP contribution in [0, 0.1) is 5.21 Å². The first-order chi connectivity index (χ1) is 7.62. The molecule has 0 spiro atoms. The maximum atomic E-state index is 11.7. The van der Waals surface area contributed by atoms with Gasteiger partial charge < -0.3 is 9.76 Å². The molecule has 0 radical (unpaired) electrons. The Morgan fingerprint density at radius 2 is 1.72 bits per heavy atom. The Kier molecular flexibility index (Phi) is 6.03. The van der Waals surface area contributed by atoms with Crippen LogP contribution >= 0.6 is 0 Å². The largest absolute Gasteiger partial charge is 1.00 e. The van der Waals surface area contributed by atoms with Crippen LogP contribution in [0.2, 0.25) is 0 Å². The van der Waals surface area contributed by atoms with Crippen LogP contribution in [0.25, 0.3) is 0 Å². The molecule has 0 aliphatic carbocycles. The Morgan fingerprint density at radius 1 is 1.22 bits per heavy atom. The molecule has 0 saturated heterocycles. The maximum Gasteiger partial charge on any atom is 1.00 e. The van der Waals surface area contributed by atoms with Crippen molar-refractivity contribution in [1.82, 2.24) is 0 Å². The van der Waals surface area contributed by atoms with Gasteiger partial charge in [0, 0.05) is 20.8 Å². The molecular formula is C11H14NNaO4S. The molecule has 0 aliphatic rings. The van der Waals surface area contributed by atoms with Crippen molar-refractivity contribution in [2.45, 2.75) is 31.2 Å². The zero-order valence-corrected chi connectivity index (χ0v) is 13.7. The first-order valence-corrected chi connectivity index (χ1v) is 6.39. The molecule has 0 atom stereocenters. The monoisotopic (exact) mass is 279 g/mol. The molecule has 0 bridgehead atoms. The summed E-state index contributed by atoms with van der Waals surface area (Å²) in [6.07, 6.45) is 1.12. The van der Waals surface area contributed by atoms with Gasteiger partial charge in [-0.3, -0.25) is 0 Å². The van der Waals surface area contributed by atoms with Crippen molar-refractivity contribution in [2.75, 3.05) is 0 Å². The van der Waals surface area contributed by atoms with E-state index in [0.29, 0.717) is 4.74 Å². The van der Waals surface area contributed by atoms with Gasteiger partial charge in [-0.15, -0.1) is 0 Å². The Hall–Kier alpha value is -0.400. The molecule has 1 rings (SSSR count). The smallest absolute Gasteiger partial charge is 0.744 e. The number of nitrogens with zero attached hydrogens (tertiary/aromatic N) is 1. The van der Waals surface area contributed by atoms with Crippen molar-refractivity contribution in [3.63, 3.8) is 0 Å². The number of hydroxylamine groups is 1. The Bertz CT molecular complexity index is 546. The van der Waals surface area contributed by atoms with E-state index in [4.69, 9.17) is 0 Å². The van der Waals surface area contributed by atoms with E-state index >= 15 is 0 Å². The molecule has 18 heavy (non-hydrogen) atoms. The van der Waals surface area contributed by atoms with E-state index in [2.05, 4.69) is 0 Å². The zero-order valence-electron chi connectivity index (χ0n) is 10.9. The first-order valence-electron chi connectivity index (χ1n) is 4.98. The van der Waals surface area contributed by atoms with Gasteiger partial charge in [0.05, 0.1) is 10.5 Å². The molecule has 5 nitrogen and oxygen atoms in total. The first kappa shape index (κ1) is 17.6. The number of rotatable bonds is 2. The van der Waals surface area contributed by atoms with Gasteiger partial charge in [0.1, 0.15) is 10.1 Å². The van der Waals surface area contributed by atoms with Gasteiger partial charge in [-0.2, -0.15) is 0 Å². The molecular weight excluding hydrogens is 265 g/mol. The Labute approximate surface area is 129 Å². The van der Waals surface area contributed by atoms with Crippen LogP contribution in [0.3, 0.4) is 0 Å². The average molecular weight is 279 g/mol. The predicted molar refractivity (Wildman–Crippen MR) is 63.0 cm³/mol. The normalized spacial score (nSPS) is 13.0. The Balaban J connectivity index is 0.00000289. The van der Waals surface area contributed by atoms with Crippen molar-refractivity contribution in [2.24, 2.45) is 0 Å². The van der Waals surface area contributed by atoms with Crippen LogP contribution in [0.4, 0.5) is 0 Å².